The molecule has 0 aliphatic heterocycles. The van der Waals surface area contributed by atoms with Crippen molar-refractivity contribution in [2.45, 2.75) is 6.42 Å². The molecular formula is C15H18ClN3O2. The van der Waals surface area contributed by atoms with Crippen molar-refractivity contribution in [2.24, 2.45) is 7.05 Å². The van der Waals surface area contributed by atoms with Gasteiger partial charge in [0.15, 0.2) is 0 Å². The van der Waals surface area contributed by atoms with E-state index in [0.717, 1.165) is 17.7 Å². The summed E-state index contributed by atoms with van der Waals surface area (Å²) in [7, 11) is 5.12. The molecule has 0 atom stereocenters. The predicted molar refractivity (Wildman–Crippen MR) is 84.5 cm³/mol. The molecule has 0 saturated heterocycles. The lowest BCUT2D eigenvalue weighted by molar-refractivity contribution is 0.409. The molecule has 1 heterocycles. The molecule has 0 fully saturated rings. The number of hydrogen-bond donors (Lipinski definition) is 0. The van der Waals surface area contributed by atoms with Gasteiger partial charge >= 0.3 is 0 Å². The SMILES string of the molecule is COc1ccccc1CCN(C)c1cnn(C)c(=O)c1Cl. The molecule has 0 amide bonds. The number of ether oxygens (including phenoxy) is 1. The van der Waals surface area contributed by atoms with E-state index in [2.05, 4.69) is 5.10 Å². The van der Waals surface area contributed by atoms with Gasteiger partial charge in [-0.1, -0.05) is 29.8 Å². The molecule has 0 aliphatic rings. The van der Waals surface area contributed by atoms with E-state index in [4.69, 9.17) is 16.3 Å². The van der Waals surface area contributed by atoms with Crippen molar-refractivity contribution in [3.05, 3.63) is 51.4 Å². The van der Waals surface area contributed by atoms with E-state index >= 15 is 0 Å². The Bertz CT molecular complexity index is 685. The first-order valence-electron chi connectivity index (χ1n) is 6.59. The average molecular weight is 308 g/mol. The Labute approximate surface area is 128 Å². The minimum Gasteiger partial charge on any atom is -0.496 e. The van der Waals surface area contributed by atoms with E-state index < -0.39 is 0 Å². The fourth-order valence-electron chi connectivity index (χ4n) is 2.09. The maximum Gasteiger partial charge on any atom is 0.287 e. The lowest BCUT2D eigenvalue weighted by atomic mass is 10.1. The van der Waals surface area contributed by atoms with E-state index in [0.29, 0.717) is 12.2 Å². The van der Waals surface area contributed by atoms with Gasteiger partial charge in [-0.05, 0) is 18.1 Å². The molecule has 0 N–H and O–H groups in total. The lowest BCUT2D eigenvalue weighted by Crippen LogP contribution is -2.27. The fraction of sp³-hybridized carbons (Fsp3) is 0.333. The molecule has 0 aliphatic carbocycles. The first-order chi connectivity index (χ1) is 10.0. The van der Waals surface area contributed by atoms with Crippen molar-refractivity contribution in [3.63, 3.8) is 0 Å². The van der Waals surface area contributed by atoms with Crippen LogP contribution in [0.15, 0.2) is 35.3 Å². The van der Waals surface area contributed by atoms with Crippen LogP contribution in [0.2, 0.25) is 5.02 Å². The first kappa shape index (κ1) is 15.4. The molecule has 6 heteroatoms. The van der Waals surface area contributed by atoms with Crippen molar-refractivity contribution < 1.29 is 4.74 Å². The Balaban J connectivity index is 2.14. The van der Waals surface area contributed by atoms with Crippen LogP contribution < -0.4 is 15.2 Å². The van der Waals surface area contributed by atoms with Crippen LogP contribution >= 0.6 is 11.6 Å². The molecule has 2 aromatic rings. The van der Waals surface area contributed by atoms with Crippen LogP contribution in [0.25, 0.3) is 0 Å². The highest BCUT2D eigenvalue weighted by Gasteiger charge is 2.12. The third-order valence-electron chi connectivity index (χ3n) is 3.38. The summed E-state index contributed by atoms with van der Waals surface area (Å²) >= 11 is 6.09. The standard InChI is InChI=1S/C15H18ClN3O2/c1-18(12-10-17-19(2)15(20)14(12)16)9-8-11-6-4-5-7-13(11)21-3/h4-7,10H,8-9H2,1-3H3. The second-order valence-corrected chi connectivity index (χ2v) is 5.13. The maximum absolute atomic E-state index is 11.8. The predicted octanol–water partition coefficient (Wildman–Crippen LogP) is 2.12. The molecule has 0 radical (unpaired) electrons. The molecule has 0 saturated carbocycles. The Morgan fingerprint density at radius 2 is 2.10 bits per heavy atom. The van der Waals surface area contributed by atoms with Crippen LogP contribution in [0.5, 0.6) is 5.75 Å². The number of rotatable bonds is 5. The minimum absolute atomic E-state index is 0.190. The normalized spacial score (nSPS) is 10.5. The van der Waals surface area contributed by atoms with E-state index in [-0.39, 0.29) is 10.6 Å². The average Bonchev–Trinajstić information content (AvgIpc) is 2.50. The zero-order chi connectivity index (χ0) is 15.4. The highest BCUT2D eigenvalue weighted by molar-refractivity contribution is 6.33. The van der Waals surface area contributed by atoms with Gasteiger partial charge in [0.1, 0.15) is 10.8 Å². The van der Waals surface area contributed by atoms with Gasteiger partial charge in [-0.25, -0.2) is 4.68 Å². The number of methoxy groups -OCH3 is 1. The Morgan fingerprint density at radius 3 is 2.81 bits per heavy atom. The molecule has 1 aromatic carbocycles. The van der Waals surface area contributed by atoms with Gasteiger partial charge in [-0.3, -0.25) is 4.79 Å². The summed E-state index contributed by atoms with van der Waals surface area (Å²) in [5.41, 5.74) is 1.45. The Morgan fingerprint density at radius 1 is 1.38 bits per heavy atom. The van der Waals surface area contributed by atoms with Crippen LogP contribution in [0.4, 0.5) is 5.69 Å². The maximum atomic E-state index is 11.8. The van der Waals surface area contributed by atoms with Crippen LogP contribution in [-0.4, -0.2) is 30.5 Å². The van der Waals surface area contributed by atoms with Gasteiger partial charge in [0.05, 0.1) is 19.0 Å². The Hall–Kier alpha value is -2.01. The number of anilines is 1. The van der Waals surface area contributed by atoms with Crippen LogP contribution in [-0.2, 0) is 13.5 Å². The number of aromatic nitrogens is 2. The van der Waals surface area contributed by atoms with Crippen molar-refractivity contribution in [1.29, 1.82) is 0 Å². The van der Waals surface area contributed by atoms with Crippen molar-refractivity contribution >= 4 is 17.3 Å². The number of para-hydroxylation sites is 1. The first-order valence-corrected chi connectivity index (χ1v) is 6.97. The molecule has 21 heavy (non-hydrogen) atoms. The minimum atomic E-state index is -0.293. The van der Waals surface area contributed by atoms with Crippen LogP contribution in [0.1, 0.15) is 5.56 Å². The summed E-state index contributed by atoms with van der Waals surface area (Å²) in [6, 6.07) is 7.87. The van der Waals surface area contributed by atoms with E-state index in [9.17, 15) is 4.79 Å². The van der Waals surface area contributed by atoms with Crippen LogP contribution in [0, 0.1) is 0 Å². The summed E-state index contributed by atoms with van der Waals surface area (Å²) in [6.07, 6.45) is 2.39. The zero-order valence-electron chi connectivity index (χ0n) is 12.3. The van der Waals surface area contributed by atoms with Gasteiger partial charge in [-0.2, -0.15) is 5.10 Å². The van der Waals surface area contributed by atoms with Gasteiger partial charge in [-0.15, -0.1) is 0 Å². The summed E-state index contributed by atoms with van der Waals surface area (Å²) in [6.45, 7) is 0.703. The van der Waals surface area contributed by atoms with Crippen LogP contribution in [0.3, 0.4) is 0 Å². The second kappa shape index (κ2) is 6.63. The van der Waals surface area contributed by atoms with Crippen molar-refractivity contribution in [3.8, 4) is 5.75 Å². The van der Waals surface area contributed by atoms with Gasteiger partial charge in [0.2, 0.25) is 0 Å². The zero-order valence-corrected chi connectivity index (χ0v) is 13.1. The topological polar surface area (TPSA) is 47.4 Å². The van der Waals surface area contributed by atoms with Crippen molar-refractivity contribution in [2.75, 3.05) is 25.6 Å². The van der Waals surface area contributed by atoms with Gasteiger partial charge < -0.3 is 9.64 Å². The number of halogens is 1. The molecule has 5 nitrogen and oxygen atoms in total. The fourth-order valence-corrected chi connectivity index (χ4v) is 2.40. The number of benzene rings is 1. The van der Waals surface area contributed by atoms with Crippen molar-refractivity contribution in [1.82, 2.24) is 9.78 Å². The Kier molecular flexibility index (Phi) is 4.85. The third kappa shape index (κ3) is 3.36. The number of nitrogens with zero attached hydrogens (tertiary/aromatic N) is 3. The number of aryl methyl sites for hydroxylation is 1. The molecule has 0 bridgehead atoms. The summed E-state index contributed by atoms with van der Waals surface area (Å²) < 4.78 is 6.55. The third-order valence-corrected chi connectivity index (χ3v) is 3.74. The van der Waals surface area contributed by atoms with E-state index in [1.807, 2.05) is 36.2 Å². The van der Waals surface area contributed by atoms with E-state index in [1.54, 1.807) is 20.4 Å². The molecule has 2 rings (SSSR count). The highest BCUT2D eigenvalue weighted by atomic mass is 35.5. The lowest BCUT2D eigenvalue weighted by Gasteiger charge is -2.20. The highest BCUT2D eigenvalue weighted by Crippen LogP contribution is 2.22. The second-order valence-electron chi connectivity index (χ2n) is 4.76. The molecule has 0 unspecified atom stereocenters. The number of hydrogen-bond acceptors (Lipinski definition) is 4. The largest absolute Gasteiger partial charge is 0.496 e. The quantitative estimate of drug-likeness (QED) is 0.849. The number of likely N-dealkylation sites (N-methyl/N-ethyl adjacent to an activating group) is 1. The molecule has 112 valence electrons. The molecule has 0 spiro atoms. The van der Waals surface area contributed by atoms with Gasteiger partial charge in [0, 0.05) is 20.6 Å². The smallest absolute Gasteiger partial charge is 0.287 e. The monoisotopic (exact) mass is 307 g/mol. The van der Waals surface area contributed by atoms with E-state index in [1.165, 1.54) is 4.68 Å². The molecular weight excluding hydrogens is 290 g/mol. The summed E-state index contributed by atoms with van der Waals surface area (Å²) in [4.78, 5) is 13.7. The van der Waals surface area contributed by atoms with Gasteiger partial charge in [0.25, 0.3) is 5.56 Å². The summed E-state index contributed by atoms with van der Waals surface area (Å²) in [5, 5.41) is 4.19. The summed E-state index contributed by atoms with van der Waals surface area (Å²) in [5.74, 6) is 0.860. The molecule has 1 aromatic heterocycles.